The molecule has 72 valence electrons. The Morgan fingerprint density at radius 3 is 2.93 bits per heavy atom. The lowest BCUT2D eigenvalue weighted by Gasteiger charge is -1.95. The summed E-state index contributed by atoms with van der Waals surface area (Å²) in [6.07, 6.45) is 2.59. The zero-order chi connectivity index (χ0) is 9.71. The third-order valence-corrected chi connectivity index (χ3v) is 3.25. The van der Waals surface area contributed by atoms with Crippen LogP contribution < -0.4 is 0 Å². The molecule has 2 aromatic heterocycles. The van der Waals surface area contributed by atoms with Gasteiger partial charge in [-0.15, -0.1) is 0 Å². The van der Waals surface area contributed by atoms with Gasteiger partial charge in [0, 0.05) is 5.92 Å². The van der Waals surface area contributed by atoms with Crippen molar-refractivity contribution in [1.82, 2.24) is 14.6 Å². The summed E-state index contributed by atoms with van der Waals surface area (Å²) in [7, 11) is 0. The van der Waals surface area contributed by atoms with E-state index in [1.54, 1.807) is 0 Å². The second kappa shape index (κ2) is 2.92. The highest BCUT2D eigenvalue weighted by Crippen LogP contribution is 2.40. The van der Waals surface area contributed by atoms with Crippen LogP contribution in [-0.2, 0) is 0 Å². The Balaban J connectivity index is 2.29. The molecule has 0 atom stereocenters. The van der Waals surface area contributed by atoms with Gasteiger partial charge in [-0.1, -0.05) is 0 Å². The maximum atomic E-state index is 4.61. The molecule has 1 saturated carbocycles. The largest absolute Gasteiger partial charge is 0.231 e. The van der Waals surface area contributed by atoms with Crippen molar-refractivity contribution in [3.8, 4) is 0 Å². The third kappa shape index (κ3) is 1.24. The van der Waals surface area contributed by atoms with E-state index in [0.717, 1.165) is 9.35 Å². The number of fused-ring (bicyclic) bond motifs is 1. The van der Waals surface area contributed by atoms with Gasteiger partial charge in [0.1, 0.15) is 3.70 Å². The molecule has 4 heteroatoms. The van der Waals surface area contributed by atoms with Crippen LogP contribution in [0.25, 0.3) is 5.65 Å². The van der Waals surface area contributed by atoms with Gasteiger partial charge in [0.25, 0.3) is 0 Å². The molecule has 1 aliphatic carbocycles. The minimum Gasteiger partial charge on any atom is -0.231 e. The Bertz CT molecular complexity index is 499. The van der Waals surface area contributed by atoms with Gasteiger partial charge in [-0.2, -0.15) is 5.10 Å². The van der Waals surface area contributed by atoms with Gasteiger partial charge < -0.3 is 0 Å². The Labute approximate surface area is 95.7 Å². The zero-order valence-electron chi connectivity index (χ0n) is 7.87. The first-order valence-electron chi connectivity index (χ1n) is 4.77. The number of aromatic nitrogens is 3. The van der Waals surface area contributed by atoms with Crippen LogP contribution in [0.1, 0.15) is 30.1 Å². The summed E-state index contributed by atoms with van der Waals surface area (Å²) in [5, 5.41) is 4.45. The molecule has 0 saturated heterocycles. The number of aryl methyl sites for hydroxylation is 1. The quantitative estimate of drug-likeness (QED) is 0.757. The van der Waals surface area contributed by atoms with E-state index >= 15 is 0 Å². The Hall–Kier alpha value is -0.650. The summed E-state index contributed by atoms with van der Waals surface area (Å²) in [5.41, 5.74) is 3.44. The van der Waals surface area contributed by atoms with Crippen molar-refractivity contribution >= 4 is 28.2 Å². The van der Waals surface area contributed by atoms with Crippen LogP contribution in [0, 0.1) is 10.6 Å². The number of nitrogens with zero attached hydrogens (tertiary/aromatic N) is 3. The summed E-state index contributed by atoms with van der Waals surface area (Å²) >= 11 is 2.23. The molecule has 1 fully saturated rings. The van der Waals surface area contributed by atoms with Gasteiger partial charge in [0.15, 0.2) is 5.65 Å². The minimum absolute atomic E-state index is 0.703. The third-order valence-electron chi connectivity index (χ3n) is 2.67. The monoisotopic (exact) mass is 299 g/mol. The Morgan fingerprint density at radius 1 is 1.43 bits per heavy atom. The van der Waals surface area contributed by atoms with Crippen molar-refractivity contribution in [2.75, 3.05) is 0 Å². The average Bonchev–Trinajstić information content (AvgIpc) is 2.95. The predicted molar refractivity (Wildman–Crippen MR) is 62.4 cm³/mol. The number of hydrogen-bond donors (Lipinski definition) is 0. The summed E-state index contributed by atoms with van der Waals surface area (Å²) < 4.78 is 2.97. The van der Waals surface area contributed by atoms with Gasteiger partial charge in [0.05, 0.1) is 11.4 Å². The zero-order valence-corrected chi connectivity index (χ0v) is 10.0. The van der Waals surface area contributed by atoms with Gasteiger partial charge >= 0.3 is 0 Å². The minimum atomic E-state index is 0.703. The lowest BCUT2D eigenvalue weighted by Crippen LogP contribution is -1.95. The van der Waals surface area contributed by atoms with E-state index in [2.05, 4.69) is 39.6 Å². The highest BCUT2D eigenvalue weighted by molar-refractivity contribution is 14.1. The van der Waals surface area contributed by atoms with Gasteiger partial charge in [-0.05, 0) is 54.5 Å². The molecule has 1 aliphatic rings. The molecule has 3 rings (SSSR count). The van der Waals surface area contributed by atoms with E-state index in [1.807, 2.05) is 16.6 Å². The first kappa shape index (κ1) is 8.64. The molecule has 3 nitrogen and oxygen atoms in total. The molecule has 0 radical (unpaired) electrons. The second-order valence-corrected chi connectivity index (χ2v) is 4.89. The van der Waals surface area contributed by atoms with E-state index in [1.165, 1.54) is 24.2 Å². The molecular formula is C10H10IN3. The van der Waals surface area contributed by atoms with Crippen LogP contribution >= 0.6 is 22.6 Å². The smallest absolute Gasteiger partial charge is 0.154 e. The van der Waals surface area contributed by atoms with Crippen LogP contribution in [0.3, 0.4) is 0 Å². The summed E-state index contributed by atoms with van der Waals surface area (Å²) in [4.78, 5) is 4.61. The summed E-state index contributed by atoms with van der Waals surface area (Å²) in [6, 6.07) is 4.03. The first-order valence-corrected chi connectivity index (χ1v) is 5.85. The van der Waals surface area contributed by atoms with Crippen molar-refractivity contribution in [2.45, 2.75) is 25.7 Å². The van der Waals surface area contributed by atoms with Crippen molar-refractivity contribution in [3.05, 3.63) is 27.2 Å². The van der Waals surface area contributed by atoms with Crippen molar-refractivity contribution in [1.29, 1.82) is 0 Å². The molecule has 0 N–H and O–H groups in total. The lowest BCUT2D eigenvalue weighted by atomic mass is 10.2. The second-order valence-electron chi connectivity index (χ2n) is 3.78. The lowest BCUT2D eigenvalue weighted by molar-refractivity contribution is 0.870. The molecule has 2 aromatic rings. The van der Waals surface area contributed by atoms with Crippen molar-refractivity contribution in [2.24, 2.45) is 0 Å². The van der Waals surface area contributed by atoms with Gasteiger partial charge in [-0.3, -0.25) is 0 Å². The SMILES string of the molecule is Cc1c(C2CC2)nc2ccc(I)nn12. The number of halogens is 1. The van der Waals surface area contributed by atoms with E-state index in [9.17, 15) is 0 Å². The maximum absolute atomic E-state index is 4.61. The molecule has 0 unspecified atom stereocenters. The Kier molecular flexibility index (Phi) is 1.80. The van der Waals surface area contributed by atoms with E-state index in [0.29, 0.717) is 5.92 Å². The van der Waals surface area contributed by atoms with Gasteiger partial charge in [-0.25, -0.2) is 9.50 Å². The van der Waals surface area contributed by atoms with E-state index < -0.39 is 0 Å². The fraction of sp³-hybridized carbons (Fsp3) is 0.400. The molecule has 14 heavy (non-hydrogen) atoms. The first-order chi connectivity index (χ1) is 6.75. The molecule has 0 bridgehead atoms. The molecule has 0 aliphatic heterocycles. The molecule has 0 aromatic carbocycles. The fourth-order valence-electron chi connectivity index (χ4n) is 1.78. The van der Waals surface area contributed by atoms with Crippen LogP contribution in [0.5, 0.6) is 0 Å². The van der Waals surface area contributed by atoms with Gasteiger partial charge in [0.2, 0.25) is 0 Å². The number of hydrogen-bond acceptors (Lipinski definition) is 2. The standard InChI is InChI=1S/C10H10IN3/c1-6-10(7-2-3-7)12-9-5-4-8(11)13-14(6)9/h4-5,7H,2-3H2,1H3. The summed E-state index contributed by atoms with van der Waals surface area (Å²) in [5.74, 6) is 0.703. The highest BCUT2D eigenvalue weighted by atomic mass is 127. The normalized spacial score (nSPS) is 16.4. The molecule has 0 amide bonds. The van der Waals surface area contributed by atoms with Crippen molar-refractivity contribution in [3.63, 3.8) is 0 Å². The Morgan fingerprint density at radius 2 is 2.21 bits per heavy atom. The van der Waals surface area contributed by atoms with Crippen LogP contribution in [0.4, 0.5) is 0 Å². The molecule has 0 spiro atoms. The highest BCUT2D eigenvalue weighted by Gasteiger charge is 2.28. The van der Waals surface area contributed by atoms with Crippen LogP contribution in [0.2, 0.25) is 0 Å². The maximum Gasteiger partial charge on any atom is 0.154 e. The van der Waals surface area contributed by atoms with Crippen LogP contribution in [-0.4, -0.2) is 14.6 Å². The van der Waals surface area contributed by atoms with E-state index in [4.69, 9.17) is 0 Å². The van der Waals surface area contributed by atoms with Crippen LogP contribution in [0.15, 0.2) is 12.1 Å². The number of imidazole rings is 1. The molecule has 2 heterocycles. The molecular weight excluding hydrogens is 289 g/mol. The average molecular weight is 299 g/mol. The number of rotatable bonds is 1. The fourth-order valence-corrected chi connectivity index (χ4v) is 2.18. The van der Waals surface area contributed by atoms with Crippen molar-refractivity contribution < 1.29 is 0 Å². The predicted octanol–water partition coefficient (Wildman–Crippen LogP) is 2.52. The van der Waals surface area contributed by atoms with E-state index in [-0.39, 0.29) is 0 Å². The topological polar surface area (TPSA) is 30.2 Å². The summed E-state index contributed by atoms with van der Waals surface area (Å²) in [6.45, 7) is 2.11.